The number of ether oxygens (including phenoxy) is 1. The highest BCUT2D eigenvalue weighted by Crippen LogP contribution is 2.28. The lowest BCUT2D eigenvalue weighted by Crippen LogP contribution is -2.37. The van der Waals surface area contributed by atoms with Crippen molar-refractivity contribution in [2.24, 2.45) is 5.92 Å². The fourth-order valence-corrected chi connectivity index (χ4v) is 2.73. The molecule has 1 aliphatic carbocycles. The SMILES string of the molecule is O=C(COC(c1ccccc1)c1ccccc1)NCCNC(=O)C1CC1. The summed E-state index contributed by atoms with van der Waals surface area (Å²) in [5, 5.41) is 5.60. The normalized spacial score (nSPS) is 13.4. The van der Waals surface area contributed by atoms with Gasteiger partial charge in [0.2, 0.25) is 11.8 Å². The minimum absolute atomic E-state index is 0.0367. The number of rotatable bonds is 9. The molecule has 0 atom stereocenters. The molecule has 2 N–H and O–H groups in total. The second kappa shape index (κ2) is 9.15. The smallest absolute Gasteiger partial charge is 0.246 e. The number of carbonyl (C=O) groups is 2. The number of nitrogens with one attached hydrogen (secondary N) is 2. The Labute approximate surface area is 153 Å². The molecular weight excluding hydrogens is 328 g/mol. The van der Waals surface area contributed by atoms with Gasteiger partial charge in [-0.25, -0.2) is 0 Å². The van der Waals surface area contributed by atoms with E-state index >= 15 is 0 Å². The molecule has 2 aromatic rings. The lowest BCUT2D eigenvalue weighted by molar-refractivity contribution is -0.127. The van der Waals surface area contributed by atoms with Crippen LogP contribution in [0.5, 0.6) is 0 Å². The standard InChI is InChI=1S/C21H24N2O3/c24-19(22-13-14-23-21(25)18-11-12-18)15-26-20(16-7-3-1-4-8-16)17-9-5-2-6-10-17/h1-10,18,20H,11-15H2,(H,22,24)(H,23,25). The summed E-state index contributed by atoms with van der Waals surface area (Å²) < 4.78 is 5.90. The van der Waals surface area contributed by atoms with E-state index in [1.165, 1.54) is 0 Å². The van der Waals surface area contributed by atoms with Crippen molar-refractivity contribution in [2.75, 3.05) is 19.7 Å². The molecule has 0 saturated heterocycles. The van der Waals surface area contributed by atoms with Gasteiger partial charge in [-0.1, -0.05) is 60.7 Å². The Morgan fingerprint density at radius 1 is 0.885 bits per heavy atom. The molecule has 0 radical (unpaired) electrons. The summed E-state index contributed by atoms with van der Waals surface area (Å²) in [7, 11) is 0. The monoisotopic (exact) mass is 352 g/mol. The molecule has 3 rings (SSSR count). The highest BCUT2D eigenvalue weighted by Gasteiger charge is 2.29. The Morgan fingerprint density at radius 2 is 1.42 bits per heavy atom. The van der Waals surface area contributed by atoms with Crippen molar-refractivity contribution >= 4 is 11.8 Å². The van der Waals surface area contributed by atoms with Crippen molar-refractivity contribution in [3.8, 4) is 0 Å². The van der Waals surface area contributed by atoms with Crippen LogP contribution in [0.3, 0.4) is 0 Å². The quantitative estimate of drug-likeness (QED) is 0.681. The fraction of sp³-hybridized carbons (Fsp3) is 0.333. The van der Waals surface area contributed by atoms with Crippen LogP contribution in [0.25, 0.3) is 0 Å². The predicted molar refractivity (Wildman–Crippen MR) is 99.4 cm³/mol. The van der Waals surface area contributed by atoms with Gasteiger partial charge in [0, 0.05) is 19.0 Å². The molecule has 0 heterocycles. The second-order valence-electron chi connectivity index (χ2n) is 6.43. The Bertz CT molecular complexity index is 675. The number of hydrogen-bond donors (Lipinski definition) is 2. The summed E-state index contributed by atoms with van der Waals surface area (Å²) in [4.78, 5) is 23.6. The molecule has 5 heteroatoms. The van der Waals surface area contributed by atoms with Crippen molar-refractivity contribution in [3.63, 3.8) is 0 Å². The highest BCUT2D eigenvalue weighted by molar-refractivity contribution is 5.81. The van der Waals surface area contributed by atoms with E-state index in [0.29, 0.717) is 13.1 Å². The molecular formula is C21H24N2O3. The maximum Gasteiger partial charge on any atom is 0.246 e. The third kappa shape index (κ3) is 5.43. The lowest BCUT2D eigenvalue weighted by Gasteiger charge is -2.19. The zero-order valence-corrected chi connectivity index (χ0v) is 14.7. The van der Waals surface area contributed by atoms with E-state index in [-0.39, 0.29) is 30.4 Å². The van der Waals surface area contributed by atoms with Crippen molar-refractivity contribution in [1.29, 1.82) is 0 Å². The molecule has 2 aromatic carbocycles. The molecule has 0 spiro atoms. The molecule has 5 nitrogen and oxygen atoms in total. The molecule has 136 valence electrons. The van der Waals surface area contributed by atoms with Gasteiger partial charge in [-0.05, 0) is 24.0 Å². The van der Waals surface area contributed by atoms with E-state index in [1.807, 2.05) is 60.7 Å². The third-order valence-corrected chi connectivity index (χ3v) is 4.28. The Balaban J connectivity index is 1.48. The highest BCUT2D eigenvalue weighted by atomic mass is 16.5. The first-order chi connectivity index (χ1) is 12.7. The van der Waals surface area contributed by atoms with Gasteiger partial charge in [-0.15, -0.1) is 0 Å². The van der Waals surface area contributed by atoms with Gasteiger partial charge in [0.15, 0.2) is 0 Å². The Morgan fingerprint density at radius 3 is 1.96 bits per heavy atom. The summed E-state index contributed by atoms with van der Waals surface area (Å²) in [6, 6.07) is 19.7. The molecule has 2 amide bonds. The molecule has 1 aliphatic rings. The van der Waals surface area contributed by atoms with E-state index in [2.05, 4.69) is 10.6 Å². The number of carbonyl (C=O) groups excluding carboxylic acids is 2. The molecule has 26 heavy (non-hydrogen) atoms. The van der Waals surface area contributed by atoms with Crippen LogP contribution in [0.15, 0.2) is 60.7 Å². The number of hydrogen-bond acceptors (Lipinski definition) is 3. The van der Waals surface area contributed by atoms with Crippen LogP contribution < -0.4 is 10.6 Å². The average molecular weight is 352 g/mol. The van der Waals surface area contributed by atoms with Gasteiger partial charge in [-0.3, -0.25) is 9.59 Å². The molecule has 0 aromatic heterocycles. The van der Waals surface area contributed by atoms with Crippen LogP contribution in [-0.2, 0) is 14.3 Å². The minimum Gasteiger partial charge on any atom is -0.359 e. The predicted octanol–water partition coefficient (Wildman–Crippen LogP) is 2.44. The first-order valence-corrected chi connectivity index (χ1v) is 9.00. The van der Waals surface area contributed by atoms with E-state index in [0.717, 1.165) is 24.0 Å². The maximum atomic E-state index is 12.1. The van der Waals surface area contributed by atoms with Crippen molar-refractivity contribution in [1.82, 2.24) is 10.6 Å². The number of amides is 2. The van der Waals surface area contributed by atoms with Crippen molar-refractivity contribution < 1.29 is 14.3 Å². The topological polar surface area (TPSA) is 67.4 Å². The van der Waals surface area contributed by atoms with E-state index in [1.54, 1.807) is 0 Å². The lowest BCUT2D eigenvalue weighted by atomic mass is 10.0. The average Bonchev–Trinajstić information content (AvgIpc) is 3.52. The zero-order valence-electron chi connectivity index (χ0n) is 14.7. The van der Waals surface area contributed by atoms with Crippen LogP contribution in [0.1, 0.15) is 30.1 Å². The van der Waals surface area contributed by atoms with Crippen LogP contribution in [0, 0.1) is 5.92 Å². The summed E-state index contributed by atoms with van der Waals surface area (Å²) >= 11 is 0. The van der Waals surface area contributed by atoms with Gasteiger partial charge in [0.05, 0.1) is 0 Å². The zero-order chi connectivity index (χ0) is 18.2. The van der Waals surface area contributed by atoms with Crippen molar-refractivity contribution in [3.05, 3.63) is 71.8 Å². The first-order valence-electron chi connectivity index (χ1n) is 9.00. The summed E-state index contributed by atoms with van der Waals surface area (Å²) in [6.07, 6.45) is 1.66. The second-order valence-corrected chi connectivity index (χ2v) is 6.43. The summed E-state index contributed by atoms with van der Waals surface area (Å²) in [6.45, 7) is 0.814. The fourth-order valence-electron chi connectivity index (χ4n) is 2.73. The van der Waals surface area contributed by atoms with Crippen LogP contribution in [0.4, 0.5) is 0 Å². The van der Waals surface area contributed by atoms with E-state index < -0.39 is 0 Å². The molecule has 0 unspecified atom stereocenters. The Hall–Kier alpha value is -2.66. The molecule has 1 saturated carbocycles. The summed E-state index contributed by atoms with van der Waals surface area (Å²) in [5.41, 5.74) is 2.01. The molecule has 1 fully saturated rings. The van der Waals surface area contributed by atoms with Gasteiger partial charge in [0.25, 0.3) is 0 Å². The maximum absolute atomic E-state index is 12.1. The van der Waals surface area contributed by atoms with Crippen LogP contribution in [-0.4, -0.2) is 31.5 Å². The third-order valence-electron chi connectivity index (χ3n) is 4.28. The Kier molecular flexibility index (Phi) is 6.39. The minimum atomic E-state index is -0.294. The van der Waals surface area contributed by atoms with Crippen LogP contribution in [0.2, 0.25) is 0 Å². The van der Waals surface area contributed by atoms with Gasteiger partial charge in [0.1, 0.15) is 12.7 Å². The van der Waals surface area contributed by atoms with Gasteiger partial charge in [-0.2, -0.15) is 0 Å². The first kappa shape index (κ1) is 18.1. The van der Waals surface area contributed by atoms with Crippen molar-refractivity contribution in [2.45, 2.75) is 18.9 Å². The van der Waals surface area contributed by atoms with Gasteiger partial charge < -0.3 is 15.4 Å². The van der Waals surface area contributed by atoms with E-state index in [4.69, 9.17) is 4.74 Å². The molecule has 0 aliphatic heterocycles. The van der Waals surface area contributed by atoms with Crippen LogP contribution >= 0.6 is 0 Å². The summed E-state index contributed by atoms with van der Waals surface area (Å²) in [5.74, 6) is 0.0813. The number of benzene rings is 2. The van der Waals surface area contributed by atoms with E-state index in [9.17, 15) is 9.59 Å². The molecule has 0 bridgehead atoms. The van der Waals surface area contributed by atoms with Gasteiger partial charge >= 0.3 is 0 Å². The largest absolute Gasteiger partial charge is 0.359 e.